The average molecular weight is 307 g/mol. The lowest BCUT2D eigenvalue weighted by Crippen LogP contribution is -2.19. The molecule has 1 unspecified atom stereocenters. The van der Waals surface area contributed by atoms with E-state index in [0.29, 0.717) is 0 Å². The first-order valence-corrected chi connectivity index (χ1v) is 7.40. The van der Waals surface area contributed by atoms with Gasteiger partial charge < -0.3 is 14.5 Å². The van der Waals surface area contributed by atoms with Gasteiger partial charge in [0.15, 0.2) is 0 Å². The zero-order valence-corrected chi connectivity index (χ0v) is 12.5. The van der Waals surface area contributed by atoms with Gasteiger partial charge in [-0.25, -0.2) is 4.79 Å². The summed E-state index contributed by atoms with van der Waals surface area (Å²) in [7, 11) is 0. The SMILES string of the molecule is O=C(OCC(Nc1ccccc1)c1ccccc1)c1ccco1. The molecule has 0 amide bonds. The van der Waals surface area contributed by atoms with Crippen molar-refractivity contribution in [2.24, 2.45) is 0 Å². The first-order valence-electron chi connectivity index (χ1n) is 7.40. The molecule has 0 aliphatic carbocycles. The van der Waals surface area contributed by atoms with Crippen LogP contribution in [0.2, 0.25) is 0 Å². The standard InChI is InChI=1S/C19H17NO3/c21-19(18-12-7-13-22-18)23-14-17(15-8-3-1-4-9-15)20-16-10-5-2-6-11-16/h1-13,17,20H,14H2. The third-order valence-electron chi connectivity index (χ3n) is 3.42. The number of carbonyl (C=O) groups is 1. The fourth-order valence-corrected chi connectivity index (χ4v) is 2.27. The van der Waals surface area contributed by atoms with Crippen LogP contribution >= 0.6 is 0 Å². The molecule has 3 aromatic rings. The van der Waals surface area contributed by atoms with Crippen LogP contribution in [-0.4, -0.2) is 12.6 Å². The number of ether oxygens (including phenoxy) is 1. The molecule has 4 heteroatoms. The molecule has 0 bridgehead atoms. The van der Waals surface area contributed by atoms with Gasteiger partial charge in [0.2, 0.25) is 5.76 Å². The predicted octanol–water partition coefficient (Wildman–Crippen LogP) is 4.29. The Morgan fingerprint density at radius 1 is 0.957 bits per heavy atom. The number of furan rings is 1. The maximum Gasteiger partial charge on any atom is 0.374 e. The van der Waals surface area contributed by atoms with Gasteiger partial charge in [-0.3, -0.25) is 0 Å². The first-order chi connectivity index (χ1) is 11.3. The van der Waals surface area contributed by atoms with E-state index in [-0.39, 0.29) is 18.4 Å². The van der Waals surface area contributed by atoms with Crippen molar-refractivity contribution in [2.75, 3.05) is 11.9 Å². The monoisotopic (exact) mass is 307 g/mol. The van der Waals surface area contributed by atoms with Gasteiger partial charge in [0.1, 0.15) is 6.61 Å². The highest BCUT2D eigenvalue weighted by Crippen LogP contribution is 2.20. The third kappa shape index (κ3) is 4.01. The second-order valence-corrected chi connectivity index (χ2v) is 5.05. The van der Waals surface area contributed by atoms with Crippen LogP contribution < -0.4 is 5.32 Å². The number of benzene rings is 2. The van der Waals surface area contributed by atoms with Crippen LogP contribution in [0.1, 0.15) is 22.2 Å². The van der Waals surface area contributed by atoms with Crippen LogP contribution in [0.15, 0.2) is 83.5 Å². The lowest BCUT2D eigenvalue weighted by Gasteiger charge is -2.20. The highest BCUT2D eigenvalue weighted by molar-refractivity contribution is 5.86. The molecule has 1 atom stereocenters. The smallest absolute Gasteiger partial charge is 0.374 e. The third-order valence-corrected chi connectivity index (χ3v) is 3.42. The molecule has 1 aromatic heterocycles. The van der Waals surface area contributed by atoms with Gasteiger partial charge in [-0.2, -0.15) is 0 Å². The minimum Gasteiger partial charge on any atom is -0.457 e. The minimum atomic E-state index is -0.467. The van der Waals surface area contributed by atoms with Crippen molar-refractivity contribution in [1.29, 1.82) is 0 Å². The van der Waals surface area contributed by atoms with Crippen LogP contribution in [0, 0.1) is 0 Å². The molecule has 0 fully saturated rings. The highest BCUT2D eigenvalue weighted by Gasteiger charge is 2.16. The zero-order valence-electron chi connectivity index (χ0n) is 12.5. The molecule has 0 spiro atoms. The molecule has 3 rings (SSSR count). The van der Waals surface area contributed by atoms with Crippen LogP contribution in [0.3, 0.4) is 0 Å². The summed E-state index contributed by atoms with van der Waals surface area (Å²) in [6.45, 7) is 0.207. The van der Waals surface area contributed by atoms with Gasteiger partial charge in [0.05, 0.1) is 12.3 Å². The Labute approximate surface area is 134 Å². The van der Waals surface area contributed by atoms with Gasteiger partial charge in [-0.1, -0.05) is 48.5 Å². The predicted molar refractivity (Wildman–Crippen MR) is 88.2 cm³/mol. The van der Waals surface area contributed by atoms with E-state index in [4.69, 9.17) is 9.15 Å². The summed E-state index contributed by atoms with van der Waals surface area (Å²) in [5.41, 5.74) is 2.01. The van der Waals surface area contributed by atoms with Crippen molar-refractivity contribution in [1.82, 2.24) is 0 Å². The zero-order chi connectivity index (χ0) is 15.9. The number of hydrogen-bond donors (Lipinski definition) is 1. The van der Waals surface area contributed by atoms with Gasteiger partial charge in [0, 0.05) is 5.69 Å². The number of hydrogen-bond acceptors (Lipinski definition) is 4. The summed E-state index contributed by atoms with van der Waals surface area (Å²) in [6, 6.07) is 22.8. The van der Waals surface area contributed by atoms with E-state index in [1.807, 2.05) is 60.7 Å². The molecule has 2 aromatic carbocycles. The van der Waals surface area contributed by atoms with E-state index in [1.165, 1.54) is 6.26 Å². The Morgan fingerprint density at radius 2 is 1.65 bits per heavy atom. The van der Waals surface area contributed by atoms with E-state index in [2.05, 4.69) is 5.32 Å². The molecule has 1 N–H and O–H groups in total. The molecule has 1 heterocycles. The van der Waals surface area contributed by atoms with Crippen molar-refractivity contribution >= 4 is 11.7 Å². The van der Waals surface area contributed by atoms with Gasteiger partial charge in [0.25, 0.3) is 0 Å². The summed E-state index contributed by atoms with van der Waals surface area (Å²) in [6.07, 6.45) is 1.45. The Balaban J connectivity index is 1.71. The summed E-state index contributed by atoms with van der Waals surface area (Å²) in [5.74, 6) is -0.262. The highest BCUT2D eigenvalue weighted by atomic mass is 16.5. The number of para-hydroxylation sites is 1. The van der Waals surface area contributed by atoms with E-state index in [0.717, 1.165) is 11.3 Å². The molecule has 0 saturated heterocycles. The maximum absolute atomic E-state index is 12.0. The van der Waals surface area contributed by atoms with Crippen LogP contribution in [-0.2, 0) is 4.74 Å². The van der Waals surface area contributed by atoms with Crippen molar-refractivity contribution in [3.8, 4) is 0 Å². The minimum absolute atomic E-state index is 0.141. The molecule has 0 aliphatic rings. The quantitative estimate of drug-likeness (QED) is 0.690. The van der Waals surface area contributed by atoms with Gasteiger partial charge in [-0.15, -0.1) is 0 Å². The van der Waals surface area contributed by atoms with Crippen LogP contribution in [0.4, 0.5) is 5.69 Å². The second-order valence-electron chi connectivity index (χ2n) is 5.05. The number of nitrogens with one attached hydrogen (secondary N) is 1. The molecular formula is C19H17NO3. The molecule has 116 valence electrons. The summed E-state index contributed by atoms with van der Waals surface area (Å²) >= 11 is 0. The fraction of sp³-hybridized carbons (Fsp3) is 0.105. The maximum atomic E-state index is 12.0. The largest absolute Gasteiger partial charge is 0.457 e. The molecular weight excluding hydrogens is 290 g/mol. The van der Waals surface area contributed by atoms with Crippen molar-refractivity contribution in [3.63, 3.8) is 0 Å². The Bertz CT molecular complexity index is 724. The van der Waals surface area contributed by atoms with Crippen molar-refractivity contribution in [3.05, 3.63) is 90.4 Å². The second kappa shape index (κ2) is 7.31. The molecule has 4 nitrogen and oxygen atoms in total. The summed E-state index contributed by atoms with van der Waals surface area (Å²) in [5, 5.41) is 3.39. The lowest BCUT2D eigenvalue weighted by atomic mass is 10.1. The Morgan fingerprint density at radius 3 is 2.30 bits per heavy atom. The molecule has 0 radical (unpaired) electrons. The van der Waals surface area contributed by atoms with Crippen molar-refractivity contribution in [2.45, 2.75) is 6.04 Å². The van der Waals surface area contributed by atoms with Crippen molar-refractivity contribution < 1.29 is 13.9 Å². The lowest BCUT2D eigenvalue weighted by molar-refractivity contribution is 0.0452. The van der Waals surface area contributed by atoms with Crippen LogP contribution in [0.25, 0.3) is 0 Å². The van der Waals surface area contributed by atoms with Gasteiger partial charge >= 0.3 is 5.97 Å². The Hall–Kier alpha value is -3.01. The Kier molecular flexibility index (Phi) is 4.74. The van der Waals surface area contributed by atoms with E-state index in [1.54, 1.807) is 12.1 Å². The average Bonchev–Trinajstić information content (AvgIpc) is 3.15. The van der Waals surface area contributed by atoms with Gasteiger partial charge in [-0.05, 0) is 29.8 Å². The van der Waals surface area contributed by atoms with E-state index >= 15 is 0 Å². The first kappa shape index (κ1) is 14.9. The summed E-state index contributed by atoms with van der Waals surface area (Å²) in [4.78, 5) is 12.0. The molecule has 0 aliphatic heterocycles. The number of rotatable bonds is 6. The summed E-state index contributed by atoms with van der Waals surface area (Å²) < 4.78 is 10.4. The number of esters is 1. The number of carbonyl (C=O) groups excluding carboxylic acids is 1. The van der Waals surface area contributed by atoms with E-state index < -0.39 is 5.97 Å². The van der Waals surface area contributed by atoms with Crippen LogP contribution in [0.5, 0.6) is 0 Å². The van der Waals surface area contributed by atoms with E-state index in [9.17, 15) is 4.79 Å². The molecule has 23 heavy (non-hydrogen) atoms. The normalized spacial score (nSPS) is 11.7. The topological polar surface area (TPSA) is 51.5 Å². The fourth-order valence-electron chi connectivity index (χ4n) is 2.27. The number of anilines is 1. The molecule has 0 saturated carbocycles.